The quantitative estimate of drug-likeness (QED) is 0.202. The van der Waals surface area contributed by atoms with Gasteiger partial charge in [-0.15, -0.1) is 0 Å². The highest BCUT2D eigenvalue weighted by Crippen LogP contribution is 2.31. The molecule has 0 aliphatic carbocycles. The van der Waals surface area contributed by atoms with Crippen molar-refractivity contribution in [3.63, 3.8) is 0 Å². The molecule has 0 fully saturated rings. The van der Waals surface area contributed by atoms with E-state index in [1.54, 1.807) is 47.3 Å². The number of carbonyl (C=O) groups is 1. The maximum atomic E-state index is 12.7. The number of aromatic nitrogens is 3. The minimum absolute atomic E-state index is 0.0820. The van der Waals surface area contributed by atoms with Crippen LogP contribution in [0, 0.1) is 0 Å². The second kappa shape index (κ2) is 9.94. The average molecular weight is 506 g/mol. The fraction of sp³-hybridized carbons (Fsp3) is 0.148. The van der Waals surface area contributed by atoms with Crippen molar-refractivity contribution in [2.45, 2.75) is 19.5 Å². The second-order valence-electron chi connectivity index (χ2n) is 8.15. The Morgan fingerprint density at radius 1 is 0.943 bits per heavy atom. The Morgan fingerprint density at radius 3 is 2.63 bits per heavy atom. The number of halogens is 2. The van der Waals surface area contributed by atoms with Crippen LogP contribution in [0.5, 0.6) is 0 Å². The third-order valence-corrected chi connectivity index (χ3v) is 6.48. The van der Waals surface area contributed by atoms with E-state index in [2.05, 4.69) is 9.55 Å². The molecule has 0 spiro atoms. The van der Waals surface area contributed by atoms with Gasteiger partial charge in [0.1, 0.15) is 5.69 Å². The zero-order chi connectivity index (χ0) is 24.4. The molecule has 0 bridgehead atoms. The molecule has 0 N–H and O–H groups in total. The van der Waals surface area contributed by atoms with Crippen LogP contribution in [0.15, 0.2) is 83.9 Å². The molecule has 5 aromatic rings. The molecule has 3 heterocycles. The van der Waals surface area contributed by atoms with Crippen LogP contribution in [0.2, 0.25) is 10.0 Å². The predicted molar refractivity (Wildman–Crippen MR) is 138 cm³/mol. The van der Waals surface area contributed by atoms with Gasteiger partial charge in [-0.1, -0.05) is 47.5 Å². The van der Waals surface area contributed by atoms with Gasteiger partial charge in [0.15, 0.2) is 0 Å². The summed E-state index contributed by atoms with van der Waals surface area (Å²) in [7, 11) is 0. The molecule has 6 nitrogen and oxygen atoms in total. The number of carbonyl (C=O) groups excluding carboxylic acids is 1. The molecule has 5 rings (SSSR count). The molecule has 0 aliphatic rings. The van der Waals surface area contributed by atoms with E-state index in [9.17, 15) is 9.59 Å². The van der Waals surface area contributed by atoms with Crippen LogP contribution in [0.1, 0.15) is 22.5 Å². The van der Waals surface area contributed by atoms with Crippen LogP contribution in [-0.4, -0.2) is 26.7 Å². The molecule has 3 aromatic heterocycles. The molecular formula is C27H21Cl2N3O3. The van der Waals surface area contributed by atoms with Crippen LogP contribution >= 0.6 is 23.2 Å². The highest BCUT2D eigenvalue weighted by molar-refractivity contribution is 6.33. The summed E-state index contributed by atoms with van der Waals surface area (Å²) < 4.78 is 9.12. The monoisotopic (exact) mass is 505 g/mol. The van der Waals surface area contributed by atoms with E-state index in [1.165, 1.54) is 6.07 Å². The lowest BCUT2D eigenvalue weighted by Gasteiger charge is -2.10. The summed E-state index contributed by atoms with van der Waals surface area (Å²) in [6.45, 7) is 1.17. The summed E-state index contributed by atoms with van der Waals surface area (Å²) in [5.41, 5.74) is 2.92. The smallest absolute Gasteiger partial charge is 0.356 e. The van der Waals surface area contributed by atoms with Crippen LogP contribution < -0.4 is 5.56 Å². The molecule has 0 saturated heterocycles. The van der Waals surface area contributed by atoms with Crippen molar-refractivity contribution < 1.29 is 9.53 Å². The Balaban J connectivity index is 1.39. The number of esters is 1. The Morgan fingerprint density at radius 2 is 1.77 bits per heavy atom. The maximum Gasteiger partial charge on any atom is 0.356 e. The molecule has 0 amide bonds. The minimum atomic E-state index is -0.498. The molecule has 176 valence electrons. The summed E-state index contributed by atoms with van der Waals surface area (Å²) in [6.07, 6.45) is 3.93. The maximum absolute atomic E-state index is 12.7. The average Bonchev–Trinajstić information content (AvgIpc) is 3.18. The Labute approximate surface area is 211 Å². The zero-order valence-corrected chi connectivity index (χ0v) is 20.2. The first-order valence-corrected chi connectivity index (χ1v) is 11.9. The van der Waals surface area contributed by atoms with Crippen molar-refractivity contribution in [2.75, 3.05) is 6.61 Å². The first-order chi connectivity index (χ1) is 17.0. The van der Waals surface area contributed by atoms with Gasteiger partial charge in [0.2, 0.25) is 5.56 Å². The summed E-state index contributed by atoms with van der Waals surface area (Å²) in [6, 6.07) is 20.1. The van der Waals surface area contributed by atoms with Crippen LogP contribution in [-0.2, 0) is 17.8 Å². The van der Waals surface area contributed by atoms with Crippen molar-refractivity contribution in [3.8, 4) is 0 Å². The van der Waals surface area contributed by atoms with Crippen LogP contribution in [0.4, 0.5) is 0 Å². The Bertz CT molecular complexity index is 1610. The summed E-state index contributed by atoms with van der Waals surface area (Å²) >= 11 is 12.6. The summed E-state index contributed by atoms with van der Waals surface area (Å²) in [5.74, 6) is -0.498. The Hall–Kier alpha value is -3.61. The van der Waals surface area contributed by atoms with Gasteiger partial charge in [0.05, 0.1) is 18.3 Å². The van der Waals surface area contributed by atoms with Gasteiger partial charge in [-0.3, -0.25) is 4.79 Å². The zero-order valence-electron chi connectivity index (χ0n) is 18.7. The second-order valence-corrected chi connectivity index (χ2v) is 8.99. The molecule has 0 unspecified atom stereocenters. The van der Waals surface area contributed by atoms with Crippen LogP contribution in [0.25, 0.3) is 21.8 Å². The number of hydrogen-bond donors (Lipinski definition) is 0. The predicted octanol–water partition coefficient (Wildman–Crippen LogP) is 5.95. The van der Waals surface area contributed by atoms with Gasteiger partial charge < -0.3 is 13.9 Å². The van der Waals surface area contributed by atoms with Gasteiger partial charge in [-0.05, 0) is 48.4 Å². The van der Waals surface area contributed by atoms with Crippen LogP contribution in [0.3, 0.4) is 0 Å². The van der Waals surface area contributed by atoms with E-state index in [0.717, 1.165) is 27.4 Å². The van der Waals surface area contributed by atoms with E-state index < -0.39 is 5.97 Å². The van der Waals surface area contributed by atoms with Gasteiger partial charge in [-0.25, -0.2) is 9.78 Å². The number of aryl methyl sites for hydroxylation is 1. The first-order valence-electron chi connectivity index (χ1n) is 11.1. The van der Waals surface area contributed by atoms with Crippen molar-refractivity contribution >= 4 is 51.0 Å². The van der Waals surface area contributed by atoms with E-state index in [4.69, 9.17) is 27.9 Å². The summed E-state index contributed by atoms with van der Waals surface area (Å²) in [4.78, 5) is 28.9. The standard InChI is InChI=1S/C27H21Cl2N3O3/c28-19-9-10-22(29)18(14-19)17-32-24-7-2-1-6-20(24)21-15-23(30-16-25(21)32)27(34)35-13-5-12-31-11-4-3-8-26(31)33/h1-4,6-11,14-16H,5,12-13,17H2. The molecule has 0 radical (unpaired) electrons. The van der Waals surface area contributed by atoms with E-state index in [-0.39, 0.29) is 17.9 Å². The number of rotatable bonds is 7. The lowest BCUT2D eigenvalue weighted by atomic mass is 10.1. The number of benzene rings is 2. The molecule has 2 aromatic carbocycles. The number of hydrogen-bond acceptors (Lipinski definition) is 4. The van der Waals surface area contributed by atoms with Gasteiger partial charge in [-0.2, -0.15) is 0 Å². The number of pyridine rings is 2. The third-order valence-electron chi connectivity index (χ3n) is 5.88. The van der Waals surface area contributed by atoms with Crippen molar-refractivity contribution in [2.24, 2.45) is 0 Å². The highest BCUT2D eigenvalue weighted by Gasteiger charge is 2.16. The minimum Gasteiger partial charge on any atom is -0.461 e. The third kappa shape index (κ3) is 4.81. The van der Waals surface area contributed by atoms with Gasteiger partial charge in [0.25, 0.3) is 0 Å². The fourth-order valence-electron chi connectivity index (χ4n) is 4.18. The fourth-order valence-corrected chi connectivity index (χ4v) is 4.55. The lowest BCUT2D eigenvalue weighted by Crippen LogP contribution is -2.19. The lowest BCUT2D eigenvalue weighted by molar-refractivity contribution is 0.0489. The Kier molecular flexibility index (Phi) is 6.57. The van der Waals surface area contributed by atoms with E-state index in [1.807, 2.05) is 30.3 Å². The molecule has 0 atom stereocenters. The molecule has 0 aliphatic heterocycles. The molecule has 8 heteroatoms. The SMILES string of the molecule is O=C(OCCCn1ccccc1=O)c1cc2c3ccccc3n(Cc3cc(Cl)ccc3Cl)c2cn1. The molecular weight excluding hydrogens is 485 g/mol. The van der Waals surface area contributed by atoms with Crippen molar-refractivity contribution in [3.05, 3.63) is 111 Å². The number of fused-ring (bicyclic) bond motifs is 3. The van der Waals surface area contributed by atoms with Crippen molar-refractivity contribution in [1.29, 1.82) is 0 Å². The van der Waals surface area contributed by atoms with Gasteiger partial charge >= 0.3 is 5.97 Å². The van der Waals surface area contributed by atoms with Gasteiger partial charge in [0, 0.05) is 51.7 Å². The first kappa shape index (κ1) is 23.1. The number of ether oxygens (including phenoxy) is 1. The molecule has 0 saturated carbocycles. The summed E-state index contributed by atoms with van der Waals surface area (Å²) in [5, 5.41) is 3.15. The highest BCUT2D eigenvalue weighted by atomic mass is 35.5. The number of para-hydroxylation sites is 1. The number of nitrogens with zero attached hydrogens (tertiary/aromatic N) is 3. The van der Waals surface area contributed by atoms with Crippen molar-refractivity contribution in [1.82, 2.24) is 14.1 Å². The topological polar surface area (TPSA) is 66.1 Å². The largest absolute Gasteiger partial charge is 0.461 e. The normalized spacial score (nSPS) is 11.3. The van der Waals surface area contributed by atoms with E-state index >= 15 is 0 Å². The van der Waals surface area contributed by atoms with E-state index in [0.29, 0.717) is 29.6 Å². The molecule has 35 heavy (non-hydrogen) atoms.